The van der Waals surface area contributed by atoms with Crippen molar-refractivity contribution >= 4 is 28.5 Å². The normalized spacial score (nSPS) is 19.3. The van der Waals surface area contributed by atoms with Crippen LogP contribution in [0.5, 0.6) is 0 Å². The number of nitrogens with zero attached hydrogens (tertiary/aromatic N) is 2. The molecular formula is C15H18N4O2. The largest absolute Gasteiger partial charge is 0.399 e. The SMILES string of the molecule is CC(C)c1nc2cc(N)ccc2n1C1CCC(=O)NC1=O. The van der Waals surface area contributed by atoms with Crippen LogP contribution in [-0.2, 0) is 9.59 Å². The van der Waals surface area contributed by atoms with Gasteiger partial charge < -0.3 is 10.3 Å². The van der Waals surface area contributed by atoms with Gasteiger partial charge >= 0.3 is 0 Å². The minimum atomic E-state index is -0.395. The van der Waals surface area contributed by atoms with Crippen LogP contribution in [0.25, 0.3) is 11.0 Å². The molecule has 2 amide bonds. The first-order chi connectivity index (χ1) is 9.97. The Labute approximate surface area is 122 Å². The molecule has 6 heteroatoms. The van der Waals surface area contributed by atoms with Crippen LogP contribution in [0.3, 0.4) is 0 Å². The van der Waals surface area contributed by atoms with E-state index in [-0.39, 0.29) is 17.7 Å². The molecule has 3 N–H and O–H groups in total. The maximum atomic E-state index is 12.2. The second-order valence-corrected chi connectivity index (χ2v) is 5.71. The Kier molecular flexibility index (Phi) is 3.16. The maximum absolute atomic E-state index is 12.2. The average Bonchev–Trinajstić information content (AvgIpc) is 2.77. The standard InChI is InChI=1S/C15H18N4O2/c1-8(2)14-17-10-7-9(16)3-4-11(10)19(14)12-5-6-13(20)18-15(12)21/h3-4,7-8,12H,5-6,16H2,1-2H3,(H,18,20,21). The molecule has 110 valence electrons. The van der Waals surface area contributed by atoms with Gasteiger partial charge in [0, 0.05) is 18.0 Å². The number of hydrogen-bond donors (Lipinski definition) is 2. The minimum absolute atomic E-state index is 0.170. The van der Waals surface area contributed by atoms with Gasteiger partial charge in [0.15, 0.2) is 0 Å². The van der Waals surface area contributed by atoms with Crippen molar-refractivity contribution < 1.29 is 9.59 Å². The van der Waals surface area contributed by atoms with E-state index in [4.69, 9.17) is 5.73 Å². The van der Waals surface area contributed by atoms with Gasteiger partial charge in [0.1, 0.15) is 11.9 Å². The molecule has 2 aromatic rings. The van der Waals surface area contributed by atoms with Crippen molar-refractivity contribution in [3.05, 3.63) is 24.0 Å². The number of nitrogens with one attached hydrogen (secondary N) is 1. The molecule has 6 nitrogen and oxygen atoms in total. The number of nitrogen functional groups attached to an aromatic ring is 1. The Bertz CT molecular complexity index is 733. The highest BCUT2D eigenvalue weighted by Gasteiger charge is 2.31. The number of benzene rings is 1. The van der Waals surface area contributed by atoms with Crippen molar-refractivity contribution in [2.75, 3.05) is 5.73 Å². The van der Waals surface area contributed by atoms with Gasteiger partial charge in [-0.25, -0.2) is 4.98 Å². The average molecular weight is 286 g/mol. The fourth-order valence-electron chi connectivity index (χ4n) is 2.80. The van der Waals surface area contributed by atoms with E-state index in [1.807, 2.05) is 30.5 Å². The summed E-state index contributed by atoms with van der Waals surface area (Å²) in [5.41, 5.74) is 8.11. The maximum Gasteiger partial charge on any atom is 0.249 e. The molecule has 1 atom stereocenters. The number of nitrogens with two attached hydrogens (primary N) is 1. The first-order valence-electron chi connectivity index (χ1n) is 7.08. The van der Waals surface area contributed by atoms with E-state index in [9.17, 15) is 9.59 Å². The molecule has 1 aromatic heterocycles. The van der Waals surface area contributed by atoms with Crippen molar-refractivity contribution in [2.24, 2.45) is 0 Å². The van der Waals surface area contributed by atoms with Crippen molar-refractivity contribution in [2.45, 2.75) is 38.6 Å². The lowest BCUT2D eigenvalue weighted by molar-refractivity contribution is -0.135. The summed E-state index contributed by atoms with van der Waals surface area (Å²) in [6, 6.07) is 5.10. The fraction of sp³-hybridized carbons (Fsp3) is 0.400. The lowest BCUT2D eigenvalue weighted by Gasteiger charge is -2.25. The van der Waals surface area contributed by atoms with Crippen LogP contribution < -0.4 is 11.1 Å². The van der Waals surface area contributed by atoms with Gasteiger partial charge in [-0.05, 0) is 24.6 Å². The number of aromatic nitrogens is 2. The van der Waals surface area contributed by atoms with E-state index in [0.717, 1.165) is 16.9 Å². The number of carbonyl (C=O) groups excluding carboxylic acids is 2. The van der Waals surface area contributed by atoms with Crippen molar-refractivity contribution in [1.29, 1.82) is 0 Å². The van der Waals surface area contributed by atoms with Crippen LogP contribution >= 0.6 is 0 Å². The molecule has 1 aliphatic rings. The second-order valence-electron chi connectivity index (χ2n) is 5.71. The summed E-state index contributed by atoms with van der Waals surface area (Å²) in [6.07, 6.45) is 0.850. The molecule has 2 heterocycles. The monoisotopic (exact) mass is 286 g/mol. The number of piperidine rings is 1. The third-order valence-electron chi connectivity index (χ3n) is 3.78. The number of amides is 2. The first-order valence-corrected chi connectivity index (χ1v) is 7.08. The van der Waals surface area contributed by atoms with Crippen molar-refractivity contribution in [3.8, 4) is 0 Å². The van der Waals surface area contributed by atoms with Crippen molar-refractivity contribution in [3.63, 3.8) is 0 Å². The van der Waals surface area contributed by atoms with E-state index >= 15 is 0 Å². The summed E-state index contributed by atoms with van der Waals surface area (Å²) >= 11 is 0. The lowest BCUT2D eigenvalue weighted by Crippen LogP contribution is -2.42. The van der Waals surface area contributed by atoms with Crippen LogP contribution in [0.1, 0.15) is 44.5 Å². The summed E-state index contributed by atoms with van der Waals surface area (Å²) in [5.74, 6) is 0.537. The number of hydrogen-bond acceptors (Lipinski definition) is 4. The molecule has 0 spiro atoms. The predicted molar refractivity (Wildman–Crippen MR) is 79.7 cm³/mol. The number of rotatable bonds is 2. The molecular weight excluding hydrogens is 268 g/mol. The summed E-state index contributed by atoms with van der Waals surface area (Å²) in [6.45, 7) is 4.07. The fourth-order valence-corrected chi connectivity index (χ4v) is 2.80. The number of imide groups is 1. The second kappa shape index (κ2) is 4.87. The zero-order valence-corrected chi connectivity index (χ0v) is 12.1. The molecule has 1 saturated heterocycles. The van der Waals surface area contributed by atoms with Crippen LogP contribution in [-0.4, -0.2) is 21.4 Å². The van der Waals surface area contributed by atoms with Crippen molar-refractivity contribution in [1.82, 2.24) is 14.9 Å². The molecule has 1 aliphatic heterocycles. The van der Waals surface area contributed by atoms with Gasteiger partial charge in [-0.2, -0.15) is 0 Å². The first kappa shape index (κ1) is 13.6. The number of anilines is 1. The summed E-state index contributed by atoms with van der Waals surface area (Å²) in [7, 11) is 0. The van der Waals surface area contributed by atoms with E-state index in [0.29, 0.717) is 18.5 Å². The molecule has 1 aromatic carbocycles. The van der Waals surface area contributed by atoms with Crippen LogP contribution in [0.4, 0.5) is 5.69 Å². The number of carbonyl (C=O) groups is 2. The quantitative estimate of drug-likeness (QED) is 0.649. The zero-order chi connectivity index (χ0) is 15.1. The highest BCUT2D eigenvalue weighted by atomic mass is 16.2. The van der Waals surface area contributed by atoms with Gasteiger partial charge in [-0.3, -0.25) is 14.9 Å². The van der Waals surface area contributed by atoms with Gasteiger partial charge in [-0.15, -0.1) is 0 Å². The number of imidazole rings is 1. The molecule has 0 saturated carbocycles. The molecule has 21 heavy (non-hydrogen) atoms. The van der Waals surface area contributed by atoms with E-state index in [2.05, 4.69) is 10.3 Å². The van der Waals surface area contributed by atoms with Gasteiger partial charge in [-0.1, -0.05) is 13.8 Å². The van der Waals surface area contributed by atoms with E-state index in [1.165, 1.54) is 0 Å². The van der Waals surface area contributed by atoms with E-state index < -0.39 is 6.04 Å². The minimum Gasteiger partial charge on any atom is -0.399 e. The van der Waals surface area contributed by atoms with Crippen LogP contribution in [0, 0.1) is 0 Å². The Morgan fingerprint density at radius 3 is 2.81 bits per heavy atom. The van der Waals surface area contributed by atoms with Gasteiger partial charge in [0.05, 0.1) is 11.0 Å². The summed E-state index contributed by atoms with van der Waals surface area (Å²) in [5, 5.41) is 2.41. The Hall–Kier alpha value is -2.37. The summed E-state index contributed by atoms with van der Waals surface area (Å²) in [4.78, 5) is 28.1. The third-order valence-corrected chi connectivity index (χ3v) is 3.78. The Morgan fingerprint density at radius 2 is 2.14 bits per heavy atom. The van der Waals surface area contributed by atoms with Crippen LogP contribution in [0.15, 0.2) is 18.2 Å². The molecule has 1 unspecified atom stereocenters. The summed E-state index contributed by atoms with van der Waals surface area (Å²) < 4.78 is 1.95. The third kappa shape index (κ3) is 2.26. The molecule has 0 aliphatic carbocycles. The van der Waals surface area contributed by atoms with E-state index in [1.54, 1.807) is 6.07 Å². The smallest absolute Gasteiger partial charge is 0.249 e. The van der Waals surface area contributed by atoms with Gasteiger partial charge in [0.25, 0.3) is 0 Å². The molecule has 0 bridgehead atoms. The molecule has 3 rings (SSSR count). The predicted octanol–water partition coefficient (Wildman–Crippen LogP) is 1.72. The molecule has 1 fully saturated rings. The topological polar surface area (TPSA) is 90.0 Å². The van der Waals surface area contributed by atoms with Crippen LogP contribution in [0.2, 0.25) is 0 Å². The number of fused-ring (bicyclic) bond motifs is 1. The van der Waals surface area contributed by atoms with Gasteiger partial charge in [0.2, 0.25) is 11.8 Å². The Morgan fingerprint density at radius 1 is 1.38 bits per heavy atom. The Balaban J connectivity index is 2.17. The zero-order valence-electron chi connectivity index (χ0n) is 12.1. The highest BCUT2D eigenvalue weighted by molar-refractivity contribution is 6.00. The lowest BCUT2D eigenvalue weighted by atomic mass is 10.0. The highest BCUT2D eigenvalue weighted by Crippen LogP contribution is 2.30. The molecule has 0 radical (unpaired) electrons.